The van der Waals surface area contributed by atoms with Gasteiger partial charge in [0.05, 0.1) is 0 Å². The van der Waals surface area contributed by atoms with Gasteiger partial charge >= 0.3 is 0 Å². The van der Waals surface area contributed by atoms with Gasteiger partial charge in [0, 0.05) is 23.5 Å². The molecule has 2 N–H and O–H groups in total. The first-order chi connectivity index (χ1) is 19.5. The normalized spacial score (nSPS) is 10.7. The summed E-state index contributed by atoms with van der Waals surface area (Å²) in [6, 6.07) is 32.1. The molecule has 0 aliphatic heterocycles. The average Bonchev–Trinajstić information content (AvgIpc) is 2.99. The van der Waals surface area contributed by atoms with E-state index in [2.05, 4.69) is 55.3 Å². The zero-order chi connectivity index (χ0) is 28.2. The Morgan fingerprint density at radius 3 is 1.90 bits per heavy atom. The van der Waals surface area contributed by atoms with Gasteiger partial charge in [-0.05, 0) is 96.5 Å². The van der Waals surface area contributed by atoms with Crippen LogP contribution < -0.4 is 15.4 Å². The molecule has 0 aliphatic rings. The molecule has 4 aromatic rings. The van der Waals surface area contributed by atoms with Crippen molar-refractivity contribution in [3.63, 3.8) is 0 Å². The molecule has 206 valence electrons. The maximum absolute atomic E-state index is 12.6. The lowest BCUT2D eigenvalue weighted by Gasteiger charge is -2.12. The van der Waals surface area contributed by atoms with Crippen LogP contribution in [0.4, 0.5) is 5.69 Å². The van der Waals surface area contributed by atoms with E-state index in [9.17, 15) is 4.79 Å². The molecule has 0 heterocycles. The molecule has 4 rings (SSSR count). The van der Waals surface area contributed by atoms with Gasteiger partial charge in [-0.3, -0.25) is 4.79 Å². The zero-order valence-electron chi connectivity index (χ0n) is 23.7. The number of carbonyl (C=O) groups excluding carboxylic acids is 1. The Bertz CT molecular complexity index is 1370. The summed E-state index contributed by atoms with van der Waals surface area (Å²) in [4.78, 5) is 12.6. The van der Waals surface area contributed by atoms with E-state index in [1.165, 1.54) is 30.4 Å². The number of benzene rings is 4. The monoisotopic (exact) mass is 532 g/mol. The van der Waals surface area contributed by atoms with Gasteiger partial charge in [-0.15, -0.1) is 0 Å². The Morgan fingerprint density at radius 1 is 0.700 bits per heavy atom. The average molecular weight is 533 g/mol. The van der Waals surface area contributed by atoms with Crippen LogP contribution in [0.1, 0.15) is 72.1 Å². The predicted molar refractivity (Wildman–Crippen MR) is 167 cm³/mol. The summed E-state index contributed by atoms with van der Waals surface area (Å²) in [5.41, 5.74) is 7.16. The molecule has 40 heavy (non-hydrogen) atoms. The molecule has 0 atom stereocenters. The Labute approximate surface area is 239 Å². The fourth-order valence-electron chi connectivity index (χ4n) is 4.45. The topological polar surface area (TPSA) is 50.4 Å². The Kier molecular flexibility index (Phi) is 10.6. The van der Waals surface area contributed by atoms with E-state index < -0.39 is 0 Å². The van der Waals surface area contributed by atoms with Gasteiger partial charge in [-0.25, -0.2) is 0 Å². The summed E-state index contributed by atoms with van der Waals surface area (Å²) in [6.07, 6.45) is 6.90. The van der Waals surface area contributed by atoms with Gasteiger partial charge in [0.25, 0.3) is 5.91 Å². The minimum Gasteiger partial charge on any atom is -0.457 e. The maximum Gasteiger partial charge on any atom is 0.251 e. The van der Waals surface area contributed by atoms with Gasteiger partial charge in [0.2, 0.25) is 0 Å². The van der Waals surface area contributed by atoms with Gasteiger partial charge in [0.1, 0.15) is 11.5 Å². The summed E-state index contributed by atoms with van der Waals surface area (Å²) < 4.78 is 6.08. The first-order valence-electron chi connectivity index (χ1n) is 14.3. The Balaban J connectivity index is 1.28. The first kappa shape index (κ1) is 28.7. The summed E-state index contributed by atoms with van der Waals surface area (Å²) in [7, 11) is 0. The van der Waals surface area contributed by atoms with Crippen molar-refractivity contribution < 1.29 is 9.53 Å². The van der Waals surface area contributed by atoms with Crippen molar-refractivity contribution in [3.05, 3.63) is 131 Å². The van der Waals surface area contributed by atoms with Gasteiger partial charge in [-0.1, -0.05) is 81.8 Å². The molecule has 0 aromatic heterocycles. The third-order valence-corrected chi connectivity index (χ3v) is 6.89. The molecular weight excluding hydrogens is 492 g/mol. The lowest BCUT2D eigenvalue weighted by Crippen LogP contribution is -2.22. The quantitative estimate of drug-likeness (QED) is 0.170. The van der Waals surface area contributed by atoms with Crippen molar-refractivity contribution >= 4 is 17.3 Å². The van der Waals surface area contributed by atoms with Crippen molar-refractivity contribution in [1.82, 2.24) is 5.32 Å². The van der Waals surface area contributed by atoms with Crippen LogP contribution in [0.2, 0.25) is 0 Å². The Hall–Kier alpha value is -4.31. The van der Waals surface area contributed by atoms with Crippen molar-refractivity contribution in [1.29, 1.82) is 0 Å². The van der Waals surface area contributed by atoms with Crippen LogP contribution in [0.5, 0.6) is 11.5 Å². The highest BCUT2D eigenvalue weighted by Gasteiger charge is 2.07. The fourth-order valence-corrected chi connectivity index (χ4v) is 4.45. The van der Waals surface area contributed by atoms with Crippen LogP contribution in [0.25, 0.3) is 5.70 Å². The number of hydrogen-bond acceptors (Lipinski definition) is 3. The largest absolute Gasteiger partial charge is 0.457 e. The van der Waals surface area contributed by atoms with E-state index in [1.807, 2.05) is 72.8 Å². The summed E-state index contributed by atoms with van der Waals surface area (Å²) in [5.74, 6) is 1.38. The van der Waals surface area contributed by atoms with Crippen LogP contribution in [-0.2, 0) is 19.4 Å². The number of amides is 1. The van der Waals surface area contributed by atoms with Crippen molar-refractivity contribution in [2.24, 2.45) is 0 Å². The number of anilines is 1. The van der Waals surface area contributed by atoms with Gasteiger partial charge in [0.15, 0.2) is 0 Å². The highest BCUT2D eigenvalue weighted by molar-refractivity contribution is 5.94. The molecule has 0 bridgehead atoms. The fraction of sp³-hybridized carbons (Fsp3) is 0.250. The number of rotatable bonds is 14. The molecule has 0 saturated carbocycles. The van der Waals surface area contributed by atoms with E-state index in [0.29, 0.717) is 12.1 Å². The zero-order valence-corrected chi connectivity index (χ0v) is 23.7. The first-order valence-corrected chi connectivity index (χ1v) is 14.3. The molecule has 0 radical (unpaired) electrons. The molecule has 4 aromatic carbocycles. The second-order valence-corrected chi connectivity index (χ2v) is 10.2. The van der Waals surface area contributed by atoms with E-state index in [0.717, 1.165) is 53.3 Å². The molecule has 0 aliphatic carbocycles. The lowest BCUT2D eigenvalue weighted by molar-refractivity contribution is 0.0951. The molecular formula is C36H40N2O2. The maximum atomic E-state index is 12.6. The number of nitrogens with one attached hydrogen (secondary N) is 2. The molecule has 1 amide bonds. The minimum atomic E-state index is -0.0783. The standard InChI is InChI=1S/C36H40N2O2/c1-4-6-9-28-13-17-31(18-14-28)27(3)38-33-21-23-34(24-22-33)40-35-12-8-11-30(25-35)26-37-36(39)32-19-15-29(16-20-32)10-7-5-2/h8,11-25,38H,3-7,9-10,26H2,1-2H3,(H,37,39). The lowest BCUT2D eigenvalue weighted by atomic mass is 10.1. The molecule has 0 spiro atoms. The minimum absolute atomic E-state index is 0.0783. The summed E-state index contributed by atoms with van der Waals surface area (Å²) in [5, 5.41) is 6.39. The van der Waals surface area contributed by atoms with E-state index in [4.69, 9.17) is 4.74 Å². The SMILES string of the molecule is C=C(Nc1ccc(Oc2cccc(CNC(=O)c3ccc(CCCC)cc3)c2)cc1)c1ccc(CCCC)cc1. The van der Waals surface area contributed by atoms with E-state index in [1.54, 1.807) is 0 Å². The number of unbranched alkanes of at least 4 members (excludes halogenated alkanes) is 2. The van der Waals surface area contributed by atoms with E-state index >= 15 is 0 Å². The number of ether oxygens (including phenoxy) is 1. The molecule has 0 fully saturated rings. The highest BCUT2D eigenvalue weighted by atomic mass is 16.5. The van der Waals surface area contributed by atoms with Crippen molar-refractivity contribution in [2.45, 2.75) is 58.9 Å². The Morgan fingerprint density at radius 2 is 1.30 bits per heavy atom. The van der Waals surface area contributed by atoms with Crippen molar-refractivity contribution in [2.75, 3.05) is 5.32 Å². The van der Waals surface area contributed by atoms with Gasteiger partial charge < -0.3 is 15.4 Å². The predicted octanol–water partition coefficient (Wildman–Crippen LogP) is 9.18. The summed E-state index contributed by atoms with van der Waals surface area (Å²) >= 11 is 0. The third kappa shape index (κ3) is 8.60. The number of aryl methyl sites for hydroxylation is 2. The van der Waals surface area contributed by atoms with Crippen LogP contribution in [0.15, 0.2) is 104 Å². The van der Waals surface area contributed by atoms with E-state index in [-0.39, 0.29) is 5.91 Å². The van der Waals surface area contributed by atoms with Crippen LogP contribution in [-0.4, -0.2) is 5.91 Å². The summed E-state index contributed by atoms with van der Waals surface area (Å²) in [6.45, 7) is 9.03. The second-order valence-electron chi connectivity index (χ2n) is 10.2. The second kappa shape index (κ2) is 14.7. The molecule has 4 nitrogen and oxygen atoms in total. The van der Waals surface area contributed by atoms with Crippen LogP contribution in [0.3, 0.4) is 0 Å². The number of hydrogen-bond donors (Lipinski definition) is 2. The molecule has 4 heteroatoms. The van der Waals surface area contributed by atoms with Crippen LogP contribution >= 0.6 is 0 Å². The van der Waals surface area contributed by atoms with Crippen molar-refractivity contribution in [3.8, 4) is 11.5 Å². The van der Waals surface area contributed by atoms with Gasteiger partial charge in [-0.2, -0.15) is 0 Å². The molecule has 0 saturated heterocycles. The molecule has 0 unspecified atom stereocenters. The highest BCUT2D eigenvalue weighted by Crippen LogP contribution is 2.25. The number of carbonyl (C=O) groups is 1. The van der Waals surface area contributed by atoms with Crippen LogP contribution in [0, 0.1) is 0 Å². The smallest absolute Gasteiger partial charge is 0.251 e. The third-order valence-electron chi connectivity index (χ3n) is 6.89.